The van der Waals surface area contributed by atoms with Gasteiger partial charge in [-0.1, -0.05) is 19.9 Å². The monoisotopic (exact) mass is 302 g/mol. The lowest BCUT2D eigenvalue weighted by atomic mass is 10.0. The number of hydrogen-bond acceptors (Lipinski definition) is 2. The molecule has 1 aromatic carbocycles. The summed E-state index contributed by atoms with van der Waals surface area (Å²) in [5.41, 5.74) is 3.32. The minimum atomic E-state index is -0.0813. The van der Waals surface area contributed by atoms with Crippen molar-refractivity contribution in [3.05, 3.63) is 29.3 Å². The summed E-state index contributed by atoms with van der Waals surface area (Å²) >= 11 is 0. The van der Waals surface area contributed by atoms with E-state index in [1.165, 1.54) is 11.1 Å². The molecule has 0 aliphatic carbocycles. The highest BCUT2D eigenvalue weighted by molar-refractivity contribution is 5.97. The quantitative estimate of drug-likeness (QED) is 0.909. The topological polar surface area (TPSA) is 49.4 Å². The minimum Gasteiger partial charge on any atom is -0.351 e. The standard InChI is InChI=1S/C18H26N2O2/c1-5-14(6-2)18(22)19-15-10-17(21)20(11-15)16-8-7-12(3)13(4)9-16/h7-9,14-15H,5-6,10-11H2,1-4H3,(H,19,22)/t15-/m0/s1. The van der Waals surface area contributed by atoms with E-state index in [4.69, 9.17) is 0 Å². The molecular formula is C18H26N2O2. The maximum Gasteiger partial charge on any atom is 0.229 e. The first-order valence-corrected chi connectivity index (χ1v) is 8.14. The lowest BCUT2D eigenvalue weighted by molar-refractivity contribution is -0.125. The molecule has 4 nitrogen and oxygen atoms in total. The molecule has 1 fully saturated rings. The molecule has 1 saturated heterocycles. The van der Waals surface area contributed by atoms with Crippen molar-refractivity contribution in [3.63, 3.8) is 0 Å². The van der Waals surface area contributed by atoms with Gasteiger partial charge in [0.15, 0.2) is 0 Å². The van der Waals surface area contributed by atoms with Crippen molar-refractivity contribution in [2.75, 3.05) is 11.4 Å². The molecule has 0 bridgehead atoms. The average Bonchev–Trinajstić information content (AvgIpc) is 2.84. The summed E-state index contributed by atoms with van der Waals surface area (Å²) in [5, 5.41) is 3.04. The fourth-order valence-corrected chi connectivity index (χ4v) is 2.93. The molecule has 1 heterocycles. The maximum absolute atomic E-state index is 12.2. The SMILES string of the molecule is CCC(CC)C(=O)N[C@H]1CC(=O)N(c2ccc(C)c(C)c2)C1. The zero-order valence-corrected chi connectivity index (χ0v) is 14.0. The molecule has 0 aromatic heterocycles. The summed E-state index contributed by atoms with van der Waals surface area (Å²) in [6, 6.07) is 5.97. The molecule has 1 aliphatic rings. The van der Waals surface area contributed by atoms with Crippen molar-refractivity contribution in [1.29, 1.82) is 0 Å². The Morgan fingerprint density at radius 1 is 1.27 bits per heavy atom. The summed E-state index contributed by atoms with van der Waals surface area (Å²) in [7, 11) is 0. The van der Waals surface area contributed by atoms with E-state index in [1.54, 1.807) is 4.90 Å². The van der Waals surface area contributed by atoms with Gasteiger partial charge < -0.3 is 10.2 Å². The zero-order valence-electron chi connectivity index (χ0n) is 14.0. The molecule has 120 valence electrons. The number of aryl methyl sites for hydroxylation is 2. The fraction of sp³-hybridized carbons (Fsp3) is 0.556. The first-order valence-electron chi connectivity index (χ1n) is 8.14. The summed E-state index contributed by atoms with van der Waals surface area (Å²) in [6.07, 6.45) is 2.06. The van der Waals surface area contributed by atoms with Crippen LogP contribution >= 0.6 is 0 Å². The number of anilines is 1. The van der Waals surface area contributed by atoms with Gasteiger partial charge in [0.05, 0.1) is 6.04 Å². The van der Waals surface area contributed by atoms with Crippen molar-refractivity contribution in [2.24, 2.45) is 5.92 Å². The van der Waals surface area contributed by atoms with Crippen LogP contribution in [0, 0.1) is 19.8 Å². The Morgan fingerprint density at radius 2 is 1.95 bits per heavy atom. The molecule has 0 spiro atoms. The number of hydrogen-bond donors (Lipinski definition) is 1. The first-order chi connectivity index (χ1) is 10.5. The third kappa shape index (κ3) is 3.49. The molecule has 1 N–H and O–H groups in total. The maximum atomic E-state index is 12.2. The largest absolute Gasteiger partial charge is 0.351 e. The zero-order chi connectivity index (χ0) is 16.3. The van der Waals surface area contributed by atoms with Gasteiger partial charge >= 0.3 is 0 Å². The molecule has 2 amide bonds. The van der Waals surface area contributed by atoms with Crippen LogP contribution in [-0.4, -0.2) is 24.4 Å². The van der Waals surface area contributed by atoms with Gasteiger partial charge in [0.1, 0.15) is 0 Å². The molecule has 2 rings (SSSR count). The van der Waals surface area contributed by atoms with Crippen LogP contribution < -0.4 is 10.2 Å². The van der Waals surface area contributed by atoms with E-state index < -0.39 is 0 Å². The Morgan fingerprint density at radius 3 is 2.55 bits per heavy atom. The number of amides is 2. The molecule has 0 unspecified atom stereocenters. The van der Waals surface area contributed by atoms with Crippen LogP contribution in [0.25, 0.3) is 0 Å². The van der Waals surface area contributed by atoms with Crippen LogP contribution in [0.4, 0.5) is 5.69 Å². The van der Waals surface area contributed by atoms with Gasteiger partial charge in [-0.2, -0.15) is 0 Å². The summed E-state index contributed by atoms with van der Waals surface area (Å²) in [4.78, 5) is 26.2. The highest BCUT2D eigenvalue weighted by Gasteiger charge is 2.32. The van der Waals surface area contributed by atoms with Gasteiger partial charge in [0.2, 0.25) is 11.8 Å². The lowest BCUT2D eigenvalue weighted by Crippen LogP contribution is -2.40. The number of rotatable bonds is 5. The van der Waals surface area contributed by atoms with Gasteiger partial charge in [-0.25, -0.2) is 0 Å². The molecule has 1 atom stereocenters. The van der Waals surface area contributed by atoms with Crippen LogP contribution in [0.3, 0.4) is 0 Å². The summed E-state index contributed by atoms with van der Waals surface area (Å²) in [6.45, 7) is 8.71. The van der Waals surface area contributed by atoms with Gasteiger partial charge in [-0.15, -0.1) is 0 Å². The van der Waals surface area contributed by atoms with E-state index in [2.05, 4.69) is 12.2 Å². The molecule has 4 heteroatoms. The number of nitrogens with zero attached hydrogens (tertiary/aromatic N) is 1. The molecule has 0 saturated carbocycles. The third-order valence-electron chi connectivity index (χ3n) is 4.63. The van der Waals surface area contributed by atoms with Crippen molar-refractivity contribution in [3.8, 4) is 0 Å². The van der Waals surface area contributed by atoms with Crippen molar-refractivity contribution >= 4 is 17.5 Å². The second kappa shape index (κ2) is 6.95. The van der Waals surface area contributed by atoms with E-state index in [-0.39, 0.29) is 23.8 Å². The van der Waals surface area contributed by atoms with Gasteiger partial charge in [0.25, 0.3) is 0 Å². The Labute approximate surface area is 132 Å². The predicted octanol–water partition coefficient (Wildman–Crippen LogP) is 2.96. The first kappa shape index (κ1) is 16.5. The van der Waals surface area contributed by atoms with Crippen molar-refractivity contribution in [1.82, 2.24) is 5.32 Å². The van der Waals surface area contributed by atoms with E-state index in [0.29, 0.717) is 13.0 Å². The minimum absolute atomic E-state index is 0.0470. The average molecular weight is 302 g/mol. The molecular weight excluding hydrogens is 276 g/mol. The van der Waals surface area contributed by atoms with Gasteiger partial charge in [-0.05, 0) is 49.9 Å². The second-order valence-electron chi connectivity index (χ2n) is 6.20. The highest BCUT2D eigenvalue weighted by Crippen LogP contribution is 2.24. The molecule has 0 radical (unpaired) electrons. The van der Waals surface area contributed by atoms with Gasteiger partial charge in [0, 0.05) is 24.6 Å². The number of benzene rings is 1. The number of carbonyl (C=O) groups is 2. The number of nitrogens with one attached hydrogen (secondary N) is 1. The van der Waals surface area contributed by atoms with Crippen LogP contribution in [0.2, 0.25) is 0 Å². The second-order valence-corrected chi connectivity index (χ2v) is 6.20. The Hall–Kier alpha value is -1.84. The molecule has 1 aromatic rings. The Kier molecular flexibility index (Phi) is 5.22. The molecule has 22 heavy (non-hydrogen) atoms. The summed E-state index contributed by atoms with van der Waals surface area (Å²) < 4.78 is 0. The Bertz CT molecular complexity index is 564. The van der Waals surface area contributed by atoms with Crippen molar-refractivity contribution in [2.45, 2.75) is 53.0 Å². The fourth-order valence-electron chi connectivity index (χ4n) is 2.93. The smallest absolute Gasteiger partial charge is 0.229 e. The predicted molar refractivity (Wildman–Crippen MR) is 88.9 cm³/mol. The Balaban J connectivity index is 2.04. The van der Waals surface area contributed by atoms with Crippen molar-refractivity contribution < 1.29 is 9.59 Å². The normalized spacial score (nSPS) is 18.1. The van der Waals surface area contributed by atoms with Crippen LogP contribution in [-0.2, 0) is 9.59 Å². The van der Waals surface area contributed by atoms with E-state index in [0.717, 1.165) is 18.5 Å². The van der Waals surface area contributed by atoms with E-state index in [9.17, 15) is 9.59 Å². The van der Waals surface area contributed by atoms with E-state index in [1.807, 2.05) is 39.0 Å². The number of carbonyl (C=O) groups excluding carboxylic acids is 2. The highest BCUT2D eigenvalue weighted by atomic mass is 16.2. The van der Waals surface area contributed by atoms with E-state index >= 15 is 0 Å². The lowest BCUT2D eigenvalue weighted by Gasteiger charge is -2.20. The van der Waals surface area contributed by atoms with Gasteiger partial charge in [-0.3, -0.25) is 9.59 Å². The third-order valence-corrected chi connectivity index (χ3v) is 4.63. The molecule has 1 aliphatic heterocycles. The van der Waals surface area contributed by atoms with Crippen LogP contribution in [0.15, 0.2) is 18.2 Å². The summed E-state index contributed by atoms with van der Waals surface area (Å²) in [5.74, 6) is 0.202. The van der Waals surface area contributed by atoms with Crippen LogP contribution in [0.1, 0.15) is 44.2 Å². The van der Waals surface area contributed by atoms with Crippen LogP contribution in [0.5, 0.6) is 0 Å².